The number of piperidine rings is 1. The summed E-state index contributed by atoms with van der Waals surface area (Å²) in [5.74, 6) is -0.144. The molecule has 1 aromatic rings. The Labute approximate surface area is 145 Å². The minimum Gasteiger partial charge on any atom is -0.381 e. The van der Waals surface area contributed by atoms with Crippen LogP contribution < -0.4 is 5.56 Å². The molecule has 1 aromatic heterocycles. The first-order valence-corrected chi connectivity index (χ1v) is 8.96. The molecule has 0 aliphatic carbocycles. The zero-order valence-electron chi connectivity index (χ0n) is 14.2. The van der Waals surface area contributed by atoms with Gasteiger partial charge in [-0.25, -0.2) is 0 Å². The summed E-state index contributed by atoms with van der Waals surface area (Å²) in [6.07, 6.45) is 4.22. The fraction of sp³-hybridized carbons (Fsp3) is 0.706. The summed E-state index contributed by atoms with van der Waals surface area (Å²) in [6.45, 7) is 3.13. The zero-order valence-corrected chi connectivity index (χ0v) is 14.2. The lowest BCUT2D eigenvalue weighted by atomic mass is 9.77. The normalized spacial score (nSPS) is 28.1. The monoisotopic (exact) mass is 349 g/mol. The largest absolute Gasteiger partial charge is 0.381 e. The number of H-pyrrole nitrogens is 1. The lowest BCUT2D eigenvalue weighted by molar-refractivity contribution is -0.150. The smallest absolute Gasteiger partial charge is 0.292 e. The molecule has 0 aromatic carbocycles. The second-order valence-electron chi connectivity index (χ2n) is 7.28. The summed E-state index contributed by atoms with van der Waals surface area (Å²) in [4.78, 5) is 40.6. The number of rotatable bonds is 2. The standard InChI is InChI=1S/C17H23N3O5/c21-14-10-13(25-18-14)15(22)19-7-5-17(11-19)4-1-6-20(16(17)23)12-2-8-24-9-3-12/h10,12H,1-9,11H2,(H,18,21). The Balaban J connectivity index is 1.49. The highest BCUT2D eigenvalue weighted by Gasteiger charge is 2.50. The van der Waals surface area contributed by atoms with Crippen molar-refractivity contribution in [3.05, 3.63) is 22.2 Å². The average Bonchev–Trinajstić information content (AvgIpc) is 3.25. The second-order valence-corrected chi connectivity index (χ2v) is 7.28. The molecule has 3 saturated heterocycles. The van der Waals surface area contributed by atoms with E-state index in [0.717, 1.165) is 38.3 Å². The molecule has 3 fully saturated rings. The van der Waals surface area contributed by atoms with Crippen LogP contribution in [0.1, 0.15) is 42.7 Å². The number of aromatic amines is 1. The van der Waals surface area contributed by atoms with Crippen molar-refractivity contribution in [3.63, 3.8) is 0 Å². The van der Waals surface area contributed by atoms with Gasteiger partial charge in [0.2, 0.25) is 11.7 Å². The number of hydrogen-bond donors (Lipinski definition) is 1. The number of likely N-dealkylation sites (tertiary alicyclic amines) is 2. The van der Waals surface area contributed by atoms with Crippen molar-refractivity contribution in [1.29, 1.82) is 0 Å². The predicted octanol–water partition coefficient (Wildman–Crippen LogP) is 0.602. The van der Waals surface area contributed by atoms with Gasteiger partial charge in [-0.1, -0.05) is 0 Å². The average molecular weight is 349 g/mol. The summed E-state index contributed by atoms with van der Waals surface area (Å²) in [6, 6.07) is 1.41. The van der Waals surface area contributed by atoms with E-state index in [1.165, 1.54) is 0 Å². The zero-order chi connectivity index (χ0) is 17.4. The van der Waals surface area contributed by atoms with Crippen LogP contribution in [-0.2, 0) is 9.53 Å². The lowest BCUT2D eigenvalue weighted by Crippen LogP contribution is -2.55. The molecule has 1 N–H and O–H groups in total. The third kappa shape index (κ3) is 2.88. The van der Waals surface area contributed by atoms with Crippen LogP contribution in [0.2, 0.25) is 0 Å². The van der Waals surface area contributed by atoms with Crippen LogP contribution in [-0.4, -0.2) is 65.7 Å². The van der Waals surface area contributed by atoms with Crippen LogP contribution in [0, 0.1) is 5.41 Å². The molecule has 3 aliphatic rings. The minimum atomic E-state index is -0.483. The summed E-state index contributed by atoms with van der Waals surface area (Å²) in [5, 5.41) is 2.14. The first-order chi connectivity index (χ1) is 12.1. The van der Waals surface area contributed by atoms with E-state index in [4.69, 9.17) is 9.26 Å². The molecular formula is C17H23N3O5. The fourth-order valence-electron chi connectivity index (χ4n) is 4.42. The molecule has 1 unspecified atom stereocenters. The Hall–Kier alpha value is -2.09. The van der Waals surface area contributed by atoms with Crippen LogP contribution >= 0.6 is 0 Å². The first kappa shape index (κ1) is 16.4. The number of nitrogens with one attached hydrogen (secondary N) is 1. The van der Waals surface area contributed by atoms with Crippen molar-refractivity contribution < 1.29 is 18.8 Å². The van der Waals surface area contributed by atoms with Crippen LogP contribution in [0.3, 0.4) is 0 Å². The quantitative estimate of drug-likeness (QED) is 0.844. The van der Waals surface area contributed by atoms with E-state index in [1.807, 2.05) is 4.90 Å². The van der Waals surface area contributed by atoms with E-state index in [0.29, 0.717) is 32.7 Å². The number of ether oxygens (including phenoxy) is 1. The van der Waals surface area contributed by atoms with Crippen LogP contribution in [0.5, 0.6) is 0 Å². The molecule has 4 rings (SSSR count). The topological polar surface area (TPSA) is 95.8 Å². The molecule has 1 spiro atoms. The number of amides is 2. The molecule has 8 heteroatoms. The van der Waals surface area contributed by atoms with E-state index in [1.54, 1.807) is 4.90 Å². The van der Waals surface area contributed by atoms with Gasteiger partial charge in [-0.15, -0.1) is 0 Å². The number of carbonyl (C=O) groups is 2. The highest BCUT2D eigenvalue weighted by Crippen LogP contribution is 2.41. The van der Waals surface area contributed by atoms with Gasteiger partial charge in [0.05, 0.1) is 11.5 Å². The highest BCUT2D eigenvalue weighted by molar-refractivity contribution is 5.93. The highest BCUT2D eigenvalue weighted by atomic mass is 16.5. The molecular weight excluding hydrogens is 326 g/mol. The SMILES string of the molecule is O=C(c1cc(=O)[nH]o1)N1CCC2(CCCN(C3CCOCC3)C2=O)C1. The molecule has 0 radical (unpaired) electrons. The molecule has 1 atom stereocenters. The number of hydrogen-bond acceptors (Lipinski definition) is 5. The maximum Gasteiger partial charge on any atom is 0.292 e. The Bertz CT molecular complexity index is 720. The van der Waals surface area contributed by atoms with Crippen molar-refractivity contribution in [1.82, 2.24) is 15.0 Å². The van der Waals surface area contributed by atoms with Gasteiger partial charge in [-0.05, 0) is 32.1 Å². The van der Waals surface area contributed by atoms with Crippen molar-refractivity contribution >= 4 is 11.8 Å². The maximum absolute atomic E-state index is 13.2. The summed E-state index contributed by atoms with van der Waals surface area (Å²) < 4.78 is 10.3. The molecule has 8 nitrogen and oxygen atoms in total. The van der Waals surface area contributed by atoms with E-state index in [9.17, 15) is 14.4 Å². The van der Waals surface area contributed by atoms with Crippen molar-refractivity contribution in [2.75, 3.05) is 32.8 Å². The number of aromatic nitrogens is 1. The van der Waals surface area contributed by atoms with Crippen LogP contribution in [0.4, 0.5) is 0 Å². The molecule has 0 bridgehead atoms. The van der Waals surface area contributed by atoms with Gasteiger partial charge in [0, 0.05) is 38.9 Å². The van der Waals surface area contributed by atoms with Gasteiger partial charge < -0.3 is 19.1 Å². The summed E-state index contributed by atoms with van der Waals surface area (Å²) in [7, 11) is 0. The summed E-state index contributed by atoms with van der Waals surface area (Å²) >= 11 is 0. The van der Waals surface area contributed by atoms with Crippen LogP contribution in [0.15, 0.2) is 15.4 Å². The third-order valence-electron chi connectivity index (χ3n) is 5.78. The van der Waals surface area contributed by atoms with Gasteiger partial charge >= 0.3 is 0 Å². The first-order valence-electron chi connectivity index (χ1n) is 8.96. The van der Waals surface area contributed by atoms with E-state index in [-0.39, 0.29) is 23.6 Å². The van der Waals surface area contributed by atoms with E-state index in [2.05, 4.69) is 5.16 Å². The van der Waals surface area contributed by atoms with Gasteiger partial charge in [-0.2, -0.15) is 5.16 Å². The Morgan fingerprint density at radius 3 is 2.72 bits per heavy atom. The molecule has 3 aliphatic heterocycles. The van der Waals surface area contributed by atoms with Crippen molar-refractivity contribution in [2.45, 2.75) is 38.1 Å². The molecule has 136 valence electrons. The number of carbonyl (C=O) groups excluding carboxylic acids is 2. The molecule has 0 saturated carbocycles. The Morgan fingerprint density at radius 1 is 1.20 bits per heavy atom. The van der Waals surface area contributed by atoms with Crippen LogP contribution in [0.25, 0.3) is 0 Å². The molecule has 4 heterocycles. The van der Waals surface area contributed by atoms with Crippen molar-refractivity contribution in [2.24, 2.45) is 5.41 Å². The Morgan fingerprint density at radius 2 is 2.00 bits per heavy atom. The van der Waals surface area contributed by atoms with Gasteiger partial charge in [0.1, 0.15) is 0 Å². The van der Waals surface area contributed by atoms with Gasteiger partial charge in [0.25, 0.3) is 11.5 Å². The predicted molar refractivity (Wildman–Crippen MR) is 87.1 cm³/mol. The van der Waals surface area contributed by atoms with Gasteiger partial charge in [0.15, 0.2) is 0 Å². The van der Waals surface area contributed by atoms with E-state index >= 15 is 0 Å². The Kier molecular flexibility index (Phi) is 4.15. The maximum atomic E-state index is 13.2. The third-order valence-corrected chi connectivity index (χ3v) is 5.78. The van der Waals surface area contributed by atoms with E-state index < -0.39 is 11.0 Å². The molecule has 25 heavy (non-hydrogen) atoms. The molecule has 2 amide bonds. The fourth-order valence-corrected chi connectivity index (χ4v) is 4.42. The summed E-state index contributed by atoms with van der Waals surface area (Å²) in [5.41, 5.74) is -0.917. The van der Waals surface area contributed by atoms with Crippen molar-refractivity contribution in [3.8, 4) is 0 Å². The lowest BCUT2D eigenvalue weighted by Gasteiger charge is -2.44. The second kappa shape index (κ2) is 6.33. The number of nitrogens with zero attached hydrogens (tertiary/aromatic N) is 2. The minimum absolute atomic E-state index is 0.00611. The van der Waals surface area contributed by atoms with Gasteiger partial charge in [-0.3, -0.25) is 14.4 Å².